The van der Waals surface area contributed by atoms with Gasteiger partial charge in [-0.05, 0) is 12.1 Å². The number of nitrogens with one attached hydrogen (secondary N) is 1. The summed E-state index contributed by atoms with van der Waals surface area (Å²) in [5, 5.41) is 2.06. The van der Waals surface area contributed by atoms with Gasteiger partial charge < -0.3 is 0 Å². The Bertz CT molecular complexity index is 382. The SMILES string of the molecule is CN(C(=O)NC(=O)C(Cl)Cl)c1ccccc1. The second-order valence-corrected chi connectivity index (χ2v) is 4.09. The third-order valence-corrected chi connectivity index (χ3v) is 2.27. The average molecular weight is 261 g/mol. The molecule has 0 aliphatic heterocycles. The Morgan fingerprint density at radius 3 is 2.31 bits per heavy atom. The van der Waals surface area contributed by atoms with Crippen molar-refractivity contribution in [1.82, 2.24) is 5.32 Å². The smallest absolute Gasteiger partial charge is 0.297 e. The summed E-state index contributed by atoms with van der Waals surface area (Å²) < 4.78 is 0. The van der Waals surface area contributed by atoms with Crippen LogP contribution >= 0.6 is 23.2 Å². The highest BCUT2D eigenvalue weighted by Crippen LogP contribution is 2.11. The van der Waals surface area contributed by atoms with Crippen molar-refractivity contribution in [3.05, 3.63) is 30.3 Å². The van der Waals surface area contributed by atoms with Gasteiger partial charge in [-0.2, -0.15) is 0 Å². The van der Waals surface area contributed by atoms with E-state index in [-0.39, 0.29) is 0 Å². The maximum absolute atomic E-state index is 11.5. The fraction of sp³-hybridized carbons (Fsp3) is 0.200. The first kappa shape index (κ1) is 12.8. The van der Waals surface area contributed by atoms with Crippen LogP contribution in [0.2, 0.25) is 0 Å². The Morgan fingerprint density at radius 1 is 1.25 bits per heavy atom. The lowest BCUT2D eigenvalue weighted by Crippen LogP contribution is -2.42. The molecular formula is C10H10Cl2N2O2. The molecule has 4 nitrogen and oxygen atoms in total. The minimum Gasteiger partial charge on any atom is -0.297 e. The molecule has 86 valence electrons. The molecule has 1 aromatic rings. The van der Waals surface area contributed by atoms with Gasteiger partial charge in [-0.3, -0.25) is 15.0 Å². The van der Waals surface area contributed by atoms with Gasteiger partial charge in [0.2, 0.25) is 0 Å². The van der Waals surface area contributed by atoms with Crippen LogP contribution in [0, 0.1) is 0 Å². The van der Waals surface area contributed by atoms with Crippen LogP contribution in [0.25, 0.3) is 0 Å². The second-order valence-electron chi connectivity index (χ2n) is 2.99. The molecule has 0 radical (unpaired) electrons. The monoisotopic (exact) mass is 260 g/mol. The molecule has 0 aliphatic rings. The molecule has 1 rings (SSSR count). The molecule has 0 aromatic heterocycles. The second kappa shape index (κ2) is 5.72. The van der Waals surface area contributed by atoms with E-state index < -0.39 is 16.8 Å². The van der Waals surface area contributed by atoms with Gasteiger partial charge in [0.25, 0.3) is 5.91 Å². The number of carbonyl (C=O) groups is 2. The highest BCUT2D eigenvalue weighted by Gasteiger charge is 2.18. The molecule has 0 fully saturated rings. The fourth-order valence-electron chi connectivity index (χ4n) is 1.01. The van der Waals surface area contributed by atoms with E-state index in [0.717, 1.165) is 0 Å². The number of benzene rings is 1. The van der Waals surface area contributed by atoms with Crippen molar-refractivity contribution >= 4 is 40.8 Å². The van der Waals surface area contributed by atoms with E-state index in [1.165, 1.54) is 11.9 Å². The van der Waals surface area contributed by atoms with E-state index in [1.54, 1.807) is 24.3 Å². The summed E-state index contributed by atoms with van der Waals surface area (Å²) in [7, 11) is 1.54. The van der Waals surface area contributed by atoms with Gasteiger partial charge in [0.15, 0.2) is 4.84 Å². The van der Waals surface area contributed by atoms with Crippen LogP contribution in [0.3, 0.4) is 0 Å². The van der Waals surface area contributed by atoms with Gasteiger partial charge in [0.1, 0.15) is 0 Å². The molecule has 0 unspecified atom stereocenters. The van der Waals surface area contributed by atoms with Crippen molar-refractivity contribution < 1.29 is 9.59 Å². The number of halogens is 2. The van der Waals surface area contributed by atoms with Crippen LogP contribution < -0.4 is 10.2 Å². The summed E-state index contributed by atoms with van der Waals surface area (Å²) in [4.78, 5) is 22.6. The number of anilines is 1. The first-order valence-electron chi connectivity index (χ1n) is 4.44. The minimum absolute atomic E-state index is 0.581. The summed E-state index contributed by atoms with van der Waals surface area (Å²) >= 11 is 10.6. The van der Waals surface area contributed by atoms with E-state index >= 15 is 0 Å². The molecule has 1 aromatic carbocycles. The zero-order valence-electron chi connectivity index (χ0n) is 8.48. The molecule has 3 amide bonds. The van der Waals surface area contributed by atoms with Crippen LogP contribution in [0.15, 0.2) is 30.3 Å². The number of amides is 3. The number of hydrogen-bond donors (Lipinski definition) is 1. The maximum atomic E-state index is 11.5. The van der Waals surface area contributed by atoms with E-state index in [4.69, 9.17) is 23.2 Å². The van der Waals surface area contributed by atoms with Gasteiger partial charge in [-0.15, -0.1) is 0 Å². The van der Waals surface area contributed by atoms with Gasteiger partial charge in [-0.1, -0.05) is 41.4 Å². The number of hydrogen-bond acceptors (Lipinski definition) is 2. The van der Waals surface area contributed by atoms with Crippen molar-refractivity contribution in [3.63, 3.8) is 0 Å². The lowest BCUT2D eigenvalue weighted by molar-refractivity contribution is -0.118. The number of nitrogens with zero attached hydrogens (tertiary/aromatic N) is 1. The summed E-state index contributed by atoms with van der Waals surface area (Å²) in [6.07, 6.45) is 0. The molecule has 6 heteroatoms. The van der Waals surface area contributed by atoms with Crippen LogP contribution in [-0.2, 0) is 4.79 Å². The summed E-state index contributed by atoms with van der Waals surface area (Å²) in [6, 6.07) is 8.29. The average Bonchev–Trinajstić information content (AvgIpc) is 2.28. The first-order valence-corrected chi connectivity index (χ1v) is 5.31. The van der Waals surface area contributed by atoms with Crippen LogP contribution in [0.1, 0.15) is 0 Å². The molecule has 1 N–H and O–H groups in total. The Labute approximate surface area is 103 Å². The molecule has 0 bridgehead atoms. The summed E-state index contributed by atoms with van der Waals surface area (Å²) in [5.41, 5.74) is 0.661. The molecule has 0 spiro atoms. The van der Waals surface area contributed by atoms with Crippen LogP contribution in [0.5, 0.6) is 0 Å². The quantitative estimate of drug-likeness (QED) is 0.829. The van der Waals surface area contributed by atoms with E-state index in [9.17, 15) is 9.59 Å². The molecule has 0 saturated heterocycles. The summed E-state index contributed by atoms with van der Waals surface area (Å²) in [5.74, 6) is -0.740. The third-order valence-electron chi connectivity index (χ3n) is 1.88. The van der Waals surface area contributed by atoms with Gasteiger partial charge in [-0.25, -0.2) is 4.79 Å². The lowest BCUT2D eigenvalue weighted by atomic mass is 10.3. The minimum atomic E-state index is -1.26. The highest BCUT2D eigenvalue weighted by atomic mass is 35.5. The number of imide groups is 1. The molecule has 0 atom stereocenters. The number of carbonyl (C=O) groups excluding carboxylic acids is 2. The molecule has 16 heavy (non-hydrogen) atoms. The Morgan fingerprint density at radius 2 is 1.81 bits per heavy atom. The van der Waals surface area contributed by atoms with Crippen molar-refractivity contribution in [1.29, 1.82) is 0 Å². The zero-order chi connectivity index (χ0) is 12.1. The maximum Gasteiger partial charge on any atom is 0.328 e. The Hall–Kier alpha value is -1.26. The van der Waals surface area contributed by atoms with Crippen molar-refractivity contribution in [3.8, 4) is 0 Å². The standard InChI is InChI=1S/C10H10Cl2N2O2/c1-14(7-5-3-2-4-6-7)10(16)13-9(15)8(11)12/h2-6,8H,1H3,(H,13,15,16). The van der Waals surface area contributed by atoms with E-state index in [0.29, 0.717) is 5.69 Å². The predicted molar refractivity (Wildman–Crippen MR) is 63.9 cm³/mol. The number of para-hydroxylation sites is 1. The van der Waals surface area contributed by atoms with Crippen molar-refractivity contribution in [2.75, 3.05) is 11.9 Å². The molecule has 0 heterocycles. The van der Waals surface area contributed by atoms with Crippen LogP contribution in [0.4, 0.5) is 10.5 Å². The van der Waals surface area contributed by atoms with E-state index in [2.05, 4.69) is 5.32 Å². The first-order chi connectivity index (χ1) is 7.52. The Balaban J connectivity index is 2.65. The van der Waals surface area contributed by atoms with Crippen molar-refractivity contribution in [2.24, 2.45) is 0 Å². The normalized spacial score (nSPS) is 10.0. The van der Waals surface area contributed by atoms with Gasteiger partial charge >= 0.3 is 6.03 Å². The van der Waals surface area contributed by atoms with E-state index in [1.807, 2.05) is 6.07 Å². The molecule has 0 aliphatic carbocycles. The predicted octanol–water partition coefficient (Wildman–Crippen LogP) is 2.16. The lowest BCUT2D eigenvalue weighted by Gasteiger charge is -2.17. The van der Waals surface area contributed by atoms with Crippen molar-refractivity contribution in [2.45, 2.75) is 4.84 Å². The van der Waals surface area contributed by atoms with Gasteiger partial charge in [0, 0.05) is 12.7 Å². The molecule has 0 saturated carbocycles. The summed E-state index contributed by atoms with van der Waals surface area (Å²) in [6.45, 7) is 0. The third kappa shape index (κ3) is 3.40. The Kier molecular flexibility index (Phi) is 4.58. The number of urea groups is 1. The molecular weight excluding hydrogens is 251 g/mol. The van der Waals surface area contributed by atoms with Crippen LogP contribution in [-0.4, -0.2) is 23.8 Å². The fourth-order valence-corrected chi connectivity index (χ4v) is 1.12. The van der Waals surface area contributed by atoms with Gasteiger partial charge in [0.05, 0.1) is 0 Å². The largest absolute Gasteiger partial charge is 0.328 e. The topological polar surface area (TPSA) is 49.4 Å². The zero-order valence-corrected chi connectivity index (χ0v) is 10.00. The highest BCUT2D eigenvalue weighted by molar-refractivity contribution is 6.54. The number of alkyl halides is 2. The number of rotatable bonds is 2.